The zero-order valence-corrected chi connectivity index (χ0v) is 17.3. The summed E-state index contributed by atoms with van der Waals surface area (Å²) in [5.41, 5.74) is 0.729. The molecule has 0 bridgehead atoms. The van der Waals surface area contributed by atoms with Crippen molar-refractivity contribution in [1.29, 1.82) is 0 Å². The van der Waals surface area contributed by atoms with Gasteiger partial charge in [-0.3, -0.25) is 9.36 Å². The maximum atomic E-state index is 14.2. The Morgan fingerprint density at radius 1 is 1.23 bits per heavy atom. The lowest BCUT2D eigenvalue weighted by Crippen LogP contribution is -2.39. The number of methoxy groups -OCH3 is 1. The monoisotopic (exact) mass is 436 g/mol. The largest absolute Gasteiger partial charge is 0.494 e. The van der Waals surface area contributed by atoms with Gasteiger partial charge in [-0.05, 0) is 30.7 Å². The molecule has 0 fully saturated rings. The van der Waals surface area contributed by atoms with Gasteiger partial charge >= 0.3 is 5.76 Å². The second kappa shape index (κ2) is 8.70. The number of oxazole rings is 1. The maximum Gasteiger partial charge on any atom is 0.419 e. The minimum atomic E-state index is -4.04. The molecular weight excluding hydrogens is 415 g/mol. The van der Waals surface area contributed by atoms with Gasteiger partial charge in [0, 0.05) is 19.0 Å². The maximum absolute atomic E-state index is 14.2. The summed E-state index contributed by atoms with van der Waals surface area (Å²) in [6.07, 6.45) is -0.0311. The molecule has 8 nitrogen and oxygen atoms in total. The van der Waals surface area contributed by atoms with Crippen LogP contribution in [0.2, 0.25) is 0 Å². The molecule has 0 radical (unpaired) electrons. The molecule has 3 aromatic rings. The van der Waals surface area contributed by atoms with E-state index in [-0.39, 0.29) is 36.6 Å². The van der Waals surface area contributed by atoms with Crippen LogP contribution in [-0.4, -0.2) is 31.8 Å². The minimum Gasteiger partial charge on any atom is -0.494 e. The molecule has 0 saturated heterocycles. The van der Waals surface area contributed by atoms with E-state index in [1.807, 2.05) is 0 Å². The first-order valence-electron chi connectivity index (χ1n) is 9.26. The number of hydrogen-bond donors (Lipinski definition) is 0. The number of carbonyl (C=O) groups excluding carboxylic acids is 1. The molecule has 0 N–H and O–H groups in total. The average molecular weight is 436 g/mol. The van der Waals surface area contributed by atoms with Gasteiger partial charge in [0.15, 0.2) is 17.1 Å². The predicted molar refractivity (Wildman–Crippen MR) is 110 cm³/mol. The molecule has 0 saturated carbocycles. The van der Waals surface area contributed by atoms with Crippen LogP contribution >= 0.6 is 0 Å². The Morgan fingerprint density at radius 3 is 2.63 bits per heavy atom. The second-order valence-electron chi connectivity index (χ2n) is 6.53. The molecule has 0 spiro atoms. The van der Waals surface area contributed by atoms with E-state index in [4.69, 9.17) is 9.15 Å². The first kappa shape index (κ1) is 21.6. The van der Waals surface area contributed by atoms with Crippen molar-refractivity contribution < 1.29 is 26.8 Å². The number of nitrogens with zero attached hydrogens (tertiary/aromatic N) is 2. The van der Waals surface area contributed by atoms with Gasteiger partial charge in [-0.25, -0.2) is 21.9 Å². The van der Waals surface area contributed by atoms with E-state index in [1.54, 1.807) is 31.2 Å². The van der Waals surface area contributed by atoms with E-state index in [2.05, 4.69) is 0 Å². The van der Waals surface area contributed by atoms with Gasteiger partial charge in [0.1, 0.15) is 0 Å². The first-order chi connectivity index (χ1) is 14.3. The molecule has 3 rings (SSSR count). The van der Waals surface area contributed by atoms with Crippen molar-refractivity contribution in [3.05, 3.63) is 58.8 Å². The topological polar surface area (TPSA) is 98.8 Å². The van der Waals surface area contributed by atoms with E-state index < -0.39 is 27.5 Å². The zero-order chi connectivity index (χ0) is 21.9. The SMILES string of the molecule is CCCS(=O)(=O)N(C(=O)CCn1c(=O)oc2ccccc21)c1ccc(OC)c(F)c1. The summed E-state index contributed by atoms with van der Waals surface area (Å²) in [5.74, 6) is -2.60. The summed E-state index contributed by atoms with van der Waals surface area (Å²) in [5, 5.41) is 0. The molecule has 0 unspecified atom stereocenters. The highest BCUT2D eigenvalue weighted by Gasteiger charge is 2.29. The third-order valence-corrected chi connectivity index (χ3v) is 6.35. The minimum absolute atomic E-state index is 0.0737. The molecule has 1 amide bonds. The molecule has 30 heavy (non-hydrogen) atoms. The lowest BCUT2D eigenvalue weighted by Gasteiger charge is -2.23. The Labute approximate surface area is 172 Å². The van der Waals surface area contributed by atoms with Crippen LogP contribution in [0.4, 0.5) is 10.1 Å². The number of hydrogen-bond acceptors (Lipinski definition) is 6. The van der Waals surface area contributed by atoms with E-state index in [0.717, 1.165) is 6.07 Å². The Bertz CT molecular complexity index is 1230. The number of halogens is 1. The number of aryl methyl sites for hydroxylation is 1. The predicted octanol–water partition coefficient (Wildman–Crippen LogP) is 2.91. The smallest absolute Gasteiger partial charge is 0.419 e. The molecule has 1 aromatic heterocycles. The summed E-state index contributed by atoms with van der Waals surface area (Å²) in [6.45, 7) is 1.57. The van der Waals surface area contributed by atoms with Crippen LogP contribution in [0.5, 0.6) is 5.75 Å². The number of sulfonamides is 1. The van der Waals surface area contributed by atoms with Crippen molar-refractivity contribution in [2.45, 2.75) is 26.3 Å². The highest BCUT2D eigenvalue weighted by Crippen LogP contribution is 2.27. The Morgan fingerprint density at radius 2 is 1.97 bits per heavy atom. The first-order valence-corrected chi connectivity index (χ1v) is 10.9. The normalized spacial score (nSPS) is 11.6. The van der Waals surface area contributed by atoms with Crippen molar-refractivity contribution in [3.8, 4) is 5.75 Å². The van der Waals surface area contributed by atoms with Gasteiger partial charge in [0.25, 0.3) is 0 Å². The van der Waals surface area contributed by atoms with Crippen LogP contribution in [0, 0.1) is 5.82 Å². The fraction of sp³-hybridized carbons (Fsp3) is 0.300. The molecule has 1 heterocycles. The van der Waals surface area contributed by atoms with E-state index >= 15 is 0 Å². The summed E-state index contributed by atoms with van der Waals surface area (Å²) in [4.78, 5) is 25.0. The Hall–Kier alpha value is -3.14. The van der Waals surface area contributed by atoms with Crippen LogP contribution in [-0.2, 0) is 21.4 Å². The highest BCUT2D eigenvalue weighted by atomic mass is 32.2. The summed E-state index contributed by atoms with van der Waals surface area (Å²) < 4.78 is 51.5. The van der Waals surface area contributed by atoms with Gasteiger partial charge in [-0.2, -0.15) is 0 Å². The van der Waals surface area contributed by atoms with Gasteiger partial charge in [0.05, 0.1) is 24.1 Å². The van der Waals surface area contributed by atoms with Crippen LogP contribution in [0.25, 0.3) is 11.1 Å². The van der Waals surface area contributed by atoms with Gasteiger partial charge in [-0.1, -0.05) is 19.1 Å². The molecule has 0 aliphatic heterocycles. The number of fused-ring (bicyclic) bond motifs is 1. The fourth-order valence-electron chi connectivity index (χ4n) is 3.13. The van der Waals surface area contributed by atoms with Gasteiger partial charge in [0.2, 0.25) is 15.9 Å². The van der Waals surface area contributed by atoms with Gasteiger partial charge in [-0.15, -0.1) is 0 Å². The van der Waals surface area contributed by atoms with Crippen molar-refractivity contribution in [1.82, 2.24) is 4.57 Å². The molecule has 0 aliphatic rings. The standard InChI is InChI=1S/C20H21FN2O6S/c1-3-12-30(26,27)23(14-8-9-17(28-2)15(21)13-14)19(24)10-11-22-16-6-4-5-7-18(16)29-20(22)25/h4-9,13H,3,10-12H2,1-2H3. The van der Waals surface area contributed by atoms with E-state index in [0.29, 0.717) is 15.4 Å². The van der Waals surface area contributed by atoms with Gasteiger partial charge < -0.3 is 9.15 Å². The zero-order valence-electron chi connectivity index (χ0n) is 16.5. The number of ether oxygens (including phenoxy) is 1. The van der Waals surface area contributed by atoms with Crippen LogP contribution in [0.15, 0.2) is 51.7 Å². The summed E-state index contributed by atoms with van der Waals surface area (Å²) in [7, 11) is -2.76. The number of amides is 1. The van der Waals surface area contributed by atoms with E-state index in [9.17, 15) is 22.4 Å². The fourth-order valence-corrected chi connectivity index (χ4v) is 4.66. The number of para-hydroxylation sites is 2. The highest BCUT2D eigenvalue weighted by molar-refractivity contribution is 7.93. The summed E-state index contributed by atoms with van der Waals surface area (Å²) >= 11 is 0. The molecule has 160 valence electrons. The van der Waals surface area contributed by atoms with E-state index in [1.165, 1.54) is 23.8 Å². The lowest BCUT2D eigenvalue weighted by atomic mass is 10.2. The number of anilines is 1. The number of carbonyl (C=O) groups is 1. The molecule has 0 atom stereocenters. The lowest BCUT2D eigenvalue weighted by molar-refractivity contribution is -0.117. The van der Waals surface area contributed by atoms with Crippen molar-refractivity contribution in [2.24, 2.45) is 0 Å². The number of benzene rings is 2. The van der Waals surface area contributed by atoms with Crippen molar-refractivity contribution in [2.75, 3.05) is 17.2 Å². The Balaban J connectivity index is 1.93. The molecule has 0 aliphatic carbocycles. The third kappa shape index (κ3) is 4.23. The number of rotatable bonds is 8. The van der Waals surface area contributed by atoms with Crippen LogP contribution in [0.1, 0.15) is 19.8 Å². The average Bonchev–Trinajstić information content (AvgIpc) is 3.01. The quantitative estimate of drug-likeness (QED) is 0.538. The number of aromatic nitrogens is 1. The van der Waals surface area contributed by atoms with Crippen molar-refractivity contribution in [3.63, 3.8) is 0 Å². The van der Waals surface area contributed by atoms with Crippen LogP contribution < -0.4 is 14.8 Å². The van der Waals surface area contributed by atoms with Crippen LogP contribution in [0.3, 0.4) is 0 Å². The summed E-state index contributed by atoms with van der Waals surface area (Å²) in [6, 6.07) is 10.2. The second-order valence-corrected chi connectivity index (χ2v) is 8.47. The molecule has 2 aromatic carbocycles. The molecular formula is C20H21FN2O6S. The van der Waals surface area contributed by atoms with Crippen molar-refractivity contribution >= 4 is 32.7 Å². The molecule has 10 heteroatoms. The Kier molecular flexibility index (Phi) is 6.25. The third-order valence-electron chi connectivity index (χ3n) is 4.46.